The molecule has 40 heavy (non-hydrogen) atoms. The number of amides is 2. The number of para-hydroxylation sites is 1. The molecule has 4 aromatic rings. The highest BCUT2D eigenvalue weighted by molar-refractivity contribution is 5.92. The molecule has 1 aliphatic carbocycles. The fourth-order valence-electron chi connectivity index (χ4n) is 4.95. The molecule has 0 spiro atoms. The zero-order chi connectivity index (χ0) is 28.1. The van der Waals surface area contributed by atoms with E-state index in [9.17, 15) is 9.59 Å². The number of nitrogens with zero attached hydrogens (tertiary/aromatic N) is 1. The predicted octanol–water partition coefficient (Wildman–Crippen LogP) is 5.72. The number of carbonyl (C=O) groups excluding carboxylic acids is 2. The third-order valence-electron chi connectivity index (χ3n) is 6.90. The lowest BCUT2D eigenvalue weighted by Crippen LogP contribution is -2.44. The molecule has 0 aliphatic heterocycles. The lowest BCUT2D eigenvalue weighted by Gasteiger charge is -2.28. The van der Waals surface area contributed by atoms with Gasteiger partial charge in [0, 0.05) is 12.0 Å². The van der Waals surface area contributed by atoms with Crippen LogP contribution in [0.1, 0.15) is 17.0 Å². The van der Waals surface area contributed by atoms with Crippen molar-refractivity contribution in [2.24, 2.45) is 0 Å². The van der Waals surface area contributed by atoms with Gasteiger partial charge in [-0.05, 0) is 46.5 Å². The van der Waals surface area contributed by atoms with Crippen molar-refractivity contribution in [1.82, 2.24) is 5.73 Å². The summed E-state index contributed by atoms with van der Waals surface area (Å²) in [4.78, 5) is 27.4. The third kappa shape index (κ3) is 5.42. The standard InChI is InChI=1S/C32H29N2O6/c1-37-22-16-17-28(29(18-22)38-2)34(19-30(31(33)35)40-21-10-4-3-5-11-21)32(36)39-20-27-25-14-8-6-12-23(25)24-13-7-9-15-26(24)27/h3-18,27,30,33H,19-20H2,1-2H3. The summed E-state index contributed by atoms with van der Waals surface area (Å²) in [5.41, 5.74) is 12.6. The van der Waals surface area contributed by atoms with E-state index in [1.165, 1.54) is 19.1 Å². The minimum absolute atomic E-state index is 0.0842. The molecule has 0 bridgehead atoms. The largest absolute Gasteiger partial charge is 0.497 e. The summed E-state index contributed by atoms with van der Waals surface area (Å²) in [6.45, 7) is -0.183. The van der Waals surface area contributed by atoms with Crippen LogP contribution in [0.15, 0.2) is 97.1 Å². The van der Waals surface area contributed by atoms with E-state index in [1.807, 2.05) is 42.5 Å². The van der Waals surface area contributed by atoms with Gasteiger partial charge < -0.3 is 18.9 Å². The van der Waals surface area contributed by atoms with Crippen LogP contribution in [0, 0.1) is 0 Å². The molecule has 8 nitrogen and oxygen atoms in total. The van der Waals surface area contributed by atoms with Crippen molar-refractivity contribution in [3.63, 3.8) is 0 Å². The highest BCUT2D eigenvalue weighted by Crippen LogP contribution is 2.44. The molecule has 0 heterocycles. The van der Waals surface area contributed by atoms with E-state index in [4.69, 9.17) is 24.7 Å². The fourth-order valence-corrected chi connectivity index (χ4v) is 4.95. The maximum Gasteiger partial charge on any atom is 0.414 e. The van der Waals surface area contributed by atoms with Crippen molar-refractivity contribution in [2.75, 3.05) is 32.3 Å². The molecule has 0 saturated heterocycles. The van der Waals surface area contributed by atoms with E-state index >= 15 is 0 Å². The first-order valence-corrected chi connectivity index (χ1v) is 12.8. The number of hydrogen-bond donors (Lipinski definition) is 0. The molecule has 2 amide bonds. The Kier molecular flexibility index (Phi) is 7.87. The number of fused-ring (bicyclic) bond motifs is 3. The summed E-state index contributed by atoms with van der Waals surface area (Å²) in [6, 6.07) is 29.8. The molecular formula is C32H29N2O6. The molecule has 8 heteroatoms. The average Bonchev–Trinajstić information content (AvgIpc) is 3.31. The van der Waals surface area contributed by atoms with Crippen molar-refractivity contribution in [1.29, 1.82) is 0 Å². The van der Waals surface area contributed by atoms with Crippen LogP contribution in [-0.2, 0) is 9.53 Å². The van der Waals surface area contributed by atoms with Crippen molar-refractivity contribution in [2.45, 2.75) is 12.0 Å². The number of benzene rings is 4. The Morgan fingerprint density at radius 3 is 2.02 bits per heavy atom. The molecule has 1 N–H and O–H groups in total. The third-order valence-corrected chi connectivity index (χ3v) is 6.90. The quantitative estimate of drug-likeness (QED) is 0.257. The van der Waals surface area contributed by atoms with Gasteiger partial charge in [-0.15, -0.1) is 0 Å². The first-order valence-electron chi connectivity index (χ1n) is 12.8. The normalized spacial score (nSPS) is 12.6. The maximum atomic E-state index is 13.7. The van der Waals surface area contributed by atoms with Gasteiger partial charge >= 0.3 is 6.09 Å². The zero-order valence-corrected chi connectivity index (χ0v) is 22.2. The van der Waals surface area contributed by atoms with Gasteiger partial charge in [0.25, 0.3) is 5.91 Å². The molecule has 1 unspecified atom stereocenters. The Balaban J connectivity index is 1.44. The van der Waals surface area contributed by atoms with Gasteiger partial charge in [-0.1, -0.05) is 66.7 Å². The summed E-state index contributed by atoms with van der Waals surface area (Å²) >= 11 is 0. The van der Waals surface area contributed by atoms with E-state index in [0.717, 1.165) is 22.3 Å². The predicted molar refractivity (Wildman–Crippen MR) is 151 cm³/mol. The number of nitrogens with one attached hydrogen (secondary N) is 1. The van der Waals surface area contributed by atoms with Gasteiger partial charge in [-0.3, -0.25) is 15.4 Å². The van der Waals surface area contributed by atoms with Crippen molar-refractivity contribution in [3.8, 4) is 28.4 Å². The van der Waals surface area contributed by atoms with E-state index in [2.05, 4.69) is 12.1 Å². The second kappa shape index (κ2) is 11.8. The summed E-state index contributed by atoms with van der Waals surface area (Å²) in [7, 11) is 3.00. The van der Waals surface area contributed by atoms with Crippen LogP contribution < -0.4 is 24.8 Å². The highest BCUT2D eigenvalue weighted by Gasteiger charge is 2.32. The Hall–Kier alpha value is -4.98. The van der Waals surface area contributed by atoms with Crippen LogP contribution in [0.5, 0.6) is 17.2 Å². The van der Waals surface area contributed by atoms with Crippen molar-refractivity contribution >= 4 is 17.7 Å². The monoisotopic (exact) mass is 537 g/mol. The van der Waals surface area contributed by atoms with Gasteiger partial charge in [0.2, 0.25) is 0 Å². The minimum atomic E-state index is -1.27. The van der Waals surface area contributed by atoms with Gasteiger partial charge in [-0.2, -0.15) is 0 Å². The molecule has 0 aromatic heterocycles. The van der Waals surface area contributed by atoms with Gasteiger partial charge in [-0.25, -0.2) is 4.79 Å². The molecule has 0 fully saturated rings. The average molecular weight is 538 g/mol. The molecule has 0 saturated carbocycles. The number of methoxy groups -OCH3 is 2. The van der Waals surface area contributed by atoms with Crippen molar-refractivity contribution in [3.05, 3.63) is 108 Å². The second-order valence-electron chi connectivity index (χ2n) is 9.24. The summed E-state index contributed by atoms with van der Waals surface area (Å²) in [6.07, 6.45) is -1.97. The number of anilines is 1. The Morgan fingerprint density at radius 2 is 1.43 bits per heavy atom. The second-order valence-corrected chi connectivity index (χ2v) is 9.24. The van der Waals surface area contributed by atoms with E-state index < -0.39 is 18.1 Å². The molecule has 1 radical (unpaired) electrons. The fraction of sp³-hybridized carbons (Fsp3) is 0.188. The van der Waals surface area contributed by atoms with Crippen LogP contribution in [0.2, 0.25) is 0 Å². The lowest BCUT2D eigenvalue weighted by molar-refractivity contribution is -0.124. The number of ether oxygens (including phenoxy) is 4. The van der Waals surface area contributed by atoms with E-state index in [-0.39, 0.29) is 19.1 Å². The first-order chi connectivity index (χ1) is 19.5. The van der Waals surface area contributed by atoms with Crippen LogP contribution >= 0.6 is 0 Å². The molecule has 5 rings (SSSR count). The minimum Gasteiger partial charge on any atom is -0.497 e. The number of hydrogen-bond acceptors (Lipinski definition) is 6. The lowest BCUT2D eigenvalue weighted by atomic mass is 9.98. The number of rotatable bonds is 10. The van der Waals surface area contributed by atoms with Crippen LogP contribution in [0.3, 0.4) is 0 Å². The molecule has 1 atom stereocenters. The topological polar surface area (TPSA) is 98.1 Å². The Labute approximate surface area is 232 Å². The highest BCUT2D eigenvalue weighted by atomic mass is 16.6. The van der Waals surface area contributed by atoms with Gasteiger partial charge in [0.1, 0.15) is 23.9 Å². The van der Waals surface area contributed by atoms with Gasteiger partial charge in [0.05, 0.1) is 26.5 Å². The van der Waals surface area contributed by atoms with Crippen molar-refractivity contribution < 1.29 is 28.5 Å². The molecule has 203 valence electrons. The van der Waals surface area contributed by atoms with Crippen LogP contribution in [0.25, 0.3) is 11.1 Å². The summed E-state index contributed by atoms with van der Waals surface area (Å²) in [5.74, 6) is 0.144. The Bertz CT molecular complexity index is 1460. The zero-order valence-electron chi connectivity index (χ0n) is 22.2. The van der Waals surface area contributed by atoms with E-state index in [1.54, 1.807) is 42.5 Å². The SMILES string of the molecule is COc1ccc(N(CC(Oc2ccccc2)C([NH])=O)C(=O)OCC2c3ccccc3-c3ccccc32)c(OC)c1. The summed E-state index contributed by atoms with van der Waals surface area (Å²) < 4.78 is 22.6. The van der Waals surface area contributed by atoms with Gasteiger partial charge in [0.15, 0.2) is 6.10 Å². The smallest absolute Gasteiger partial charge is 0.414 e. The summed E-state index contributed by atoms with van der Waals surface area (Å²) in [5, 5.41) is 0. The molecule has 4 aromatic carbocycles. The molecule has 1 aliphatic rings. The maximum absolute atomic E-state index is 13.7. The van der Waals surface area contributed by atoms with Crippen LogP contribution in [0.4, 0.5) is 10.5 Å². The number of carbonyl (C=O) groups is 2. The molecular weight excluding hydrogens is 508 g/mol. The van der Waals surface area contributed by atoms with Crippen LogP contribution in [-0.4, -0.2) is 45.5 Å². The van der Waals surface area contributed by atoms with E-state index in [0.29, 0.717) is 22.9 Å². The Morgan fingerprint density at radius 1 is 0.800 bits per heavy atom. The first kappa shape index (κ1) is 26.6.